The molecule has 0 spiro atoms. The standard InChI is InChI=1S/C21H27N5O3/c1-3-26(18-8-6-5-7-9-18)19(27)16-14-22-20(23-15-16)24-17-10-12-25(13-11-17)21(28)29-4-2/h5-9,14-15,17H,3-4,10-13H2,1-2H3,(H,22,23,24). The molecule has 2 aromatic rings. The quantitative estimate of drug-likeness (QED) is 0.806. The fourth-order valence-electron chi connectivity index (χ4n) is 3.32. The van der Waals surface area contributed by atoms with Crippen LogP contribution >= 0.6 is 0 Å². The molecule has 1 fully saturated rings. The molecule has 2 amide bonds. The van der Waals surface area contributed by atoms with Crippen LogP contribution in [0.4, 0.5) is 16.4 Å². The van der Waals surface area contributed by atoms with E-state index in [-0.39, 0.29) is 18.0 Å². The minimum Gasteiger partial charge on any atom is -0.450 e. The summed E-state index contributed by atoms with van der Waals surface area (Å²) >= 11 is 0. The topological polar surface area (TPSA) is 87.7 Å². The lowest BCUT2D eigenvalue weighted by molar-refractivity contribution is 0.0978. The average molecular weight is 397 g/mol. The third kappa shape index (κ3) is 5.22. The van der Waals surface area contributed by atoms with Gasteiger partial charge in [-0.05, 0) is 38.8 Å². The third-order valence-corrected chi connectivity index (χ3v) is 4.88. The van der Waals surface area contributed by atoms with Gasteiger partial charge in [0.1, 0.15) is 0 Å². The van der Waals surface area contributed by atoms with Gasteiger partial charge in [-0.2, -0.15) is 0 Å². The summed E-state index contributed by atoms with van der Waals surface area (Å²) in [6, 6.07) is 9.72. The van der Waals surface area contributed by atoms with Gasteiger partial charge in [-0.25, -0.2) is 14.8 Å². The Morgan fingerprint density at radius 1 is 1.14 bits per heavy atom. The molecule has 154 valence electrons. The van der Waals surface area contributed by atoms with Crippen molar-refractivity contribution in [3.63, 3.8) is 0 Å². The molecule has 1 aliphatic rings. The van der Waals surface area contributed by atoms with Crippen LogP contribution in [0.2, 0.25) is 0 Å². The molecule has 8 nitrogen and oxygen atoms in total. The summed E-state index contributed by atoms with van der Waals surface area (Å²) in [5.41, 5.74) is 1.29. The summed E-state index contributed by atoms with van der Waals surface area (Å²) < 4.78 is 5.04. The van der Waals surface area contributed by atoms with Crippen molar-refractivity contribution in [2.75, 3.05) is 36.5 Å². The molecule has 0 bridgehead atoms. The molecule has 8 heteroatoms. The van der Waals surface area contributed by atoms with Crippen LogP contribution in [0, 0.1) is 0 Å². The number of nitrogens with one attached hydrogen (secondary N) is 1. The number of aromatic nitrogens is 2. The van der Waals surface area contributed by atoms with E-state index in [4.69, 9.17) is 4.74 Å². The van der Waals surface area contributed by atoms with Crippen LogP contribution in [0.3, 0.4) is 0 Å². The second-order valence-corrected chi connectivity index (χ2v) is 6.78. The molecule has 1 aromatic heterocycles. The van der Waals surface area contributed by atoms with Crippen molar-refractivity contribution in [1.82, 2.24) is 14.9 Å². The minimum absolute atomic E-state index is 0.131. The van der Waals surface area contributed by atoms with Crippen LogP contribution in [0.25, 0.3) is 0 Å². The van der Waals surface area contributed by atoms with Gasteiger partial charge in [0, 0.05) is 43.8 Å². The number of carbonyl (C=O) groups is 2. The molecular formula is C21H27N5O3. The number of carbonyl (C=O) groups excluding carboxylic acids is 2. The number of likely N-dealkylation sites (tertiary alicyclic amines) is 1. The zero-order valence-corrected chi connectivity index (χ0v) is 16.9. The summed E-state index contributed by atoms with van der Waals surface area (Å²) in [7, 11) is 0. The molecule has 3 rings (SSSR count). The van der Waals surface area contributed by atoms with Gasteiger partial charge in [-0.15, -0.1) is 0 Å². The number of ether oxygens (including phenoxy) is 1. The lowest BCUT2D eigenvalue weighted by atomic mass is 10.1. The second-order valence-electron chi connectivity index (χ2n) is 6.78. The van der Waals surface area contributed by atoms with Crippen molar-refractivity contribution in [3.8, 4) is 0 Å². The second kappa shape index (κ2) is 9.86. The number of rotatable bonds is 6. The van der Waals surface area contributed by atoms with Crippen molar-refractivity contribution >= 4 is 23.6 Å². The van der Waals surface area contributed by atoms with Gasteiger partial charge < -0.3 is 19.9 Å². The van der Waals surface area contributed by atoms with Gasteiger partial charge in [0.05, 0.1) is 12.2 Å². The fourth-order valence-corrected chi connectivity index (χ4v) is 3.32. The predicted molar refractivity (Wildman–Crippen MR) is 111 cm³/mol. The molecule has 1 saturated heterocycles. The van der Waals surface area contributed by atoms with E-state index in [1.165, 1.54) is 0 Å². The molecule has 0 saturated carbocycles. The molecular weight excluding hydrogens is 370 g/mol. The Labute approximate surface area is 170 Å². The van der Waals surface area contributed by atoms with Gasteiger partial charge in [0.15, 0.2) is 0 Å². The fraction of sp³-hybridized carbons (Fsp3) is 0.429. The van der Waals surface area contributed by atoms with Crippen LogP contribution in [0.1, 0.15) is 37.0 Å². The largest absolute Gasteiger partial charge is 0.450 e. The van der Waals surface area contributed by atoms with E-state index in [1.54, 1.807) is 29.1 Å². The maximum absolute atomic E-state index is 12.8. The van der Waals surface area contributed by atoms with E-state index in [0.29, 0.717) is 37.8 Å². The first-order chi connectivity index (χ1) is 14.1. The Kier molecular flexibility index (Phi) is 6.99. The summed E-state index contributed by atoms with van der Waals surface area (Å²) in [5.74, 6) is 0.354. The van der Waals surface area contributed by atoms with E-state index in [1.807, 2.05) is 37.3 Å². The zero-order chi connectivity index (χ0) is 20.6. The highest BCUT2D eigenvalue weighted by Crippen LogP contribution is 2.18. The van der Waals surface area contributed by atoms with Crippen LogP contribution in [0.15, 0.2) is 42.7 Å². The van der Waals surface area contributed by atoms with E-state index in [9.17, 15) is 9.59 Å². The van der Waals surface area contributed by atoms with Gasteiger partial charge >= 0.3 is 6.09 Å². The number of nitrogens with zero attached hydrogens (tertiary/aromatic N) is 4. The highest BCUT2D eigenvalue weighted by molar-refractivity contribution is 6.05. The summed E-state index contributed by atoms with van der Waals surface area (Å²) in [5, 5.41) is 3.29. The Hall–Kier alpha value is -3.16. The third-order valence-electron chi connectivity index (χ3n) is 4.88. The van der Waals surface area contributed by atoms with E-state index >= 15 is 0 Å². The molecule has 0 atom stereocenters. The van der Waals surface area contributed by atoms with Crippen molar-refractivity contribution < 1.29 is 14.3 Å². The molecule has 0 radical (unpaired) electrons. The van der Waals surface area contributed by atoms with Gasteiger partial charge in [0.2, 0.25) is 5.95 Å². The molecule has 1 aliphatic heterocycles. The Morgan fingerprint density at radius 3 is 2.38 bits per heavy atom. The highest BCUT2D eigenvalue weighted by Gasteiger charge is 2.24. The van der Waals surface area contributed by atoms with Crippen molar-refractivity contribution in [1.29, 1.82) is 0 Å². The van der Waals surface area contributed by atoms with Crippen molar-refractivity contribution in [2.45, 2.75) is 32.7 Å². The van der Waals surface area contributed by atoms with E-state index in [0.717, 1.165) is 18.5 Å². The molecule has 0 unspecified atom stereocenters. The number of hydrogen-bond donors (Lipinski definition) is 1. The Morgan fingerprint density at radius 2 is 1.79 bits per heavy atom. The number of para-hydroxylation sites is 1. The number of piperidine rings is 1. The van der Waals surface area contributed by atoms with Crippen molar-refractivity contribution in [2.24, 2.45) is 0 Å². The number of benzene rings is 1. The average Bonchev–Trinajstić information content (AvgIpc) is 2.76. The predicted octanol–water partition coefficient (Wildman–Crippen LogP) is 3.18. The lowest BCUT2D eigenvalue weighted by Gasteiger charge is -2.31. The van der Waals surface area contributed by atoms with Crippen LogP contribution < -0.4 is 10.2 Å². The molecule has 29 heavy (non-hydrogen) atoms. The first-order valence-corrected chi connectivity index (χ1v) is 9.99. The smallest absolute Gasteiger partial charge is 0.409 e. The summed E-state index contributed by atoms with van der Waals surface area (Å²) in [6.45, 7) is 5.95. The first kappa shape index (κ1) is 20.6. The first-order valence-electron chi connectivity index (χ1n) is 9.99. The summed E-state index contributed by atoms with van der Waals surface area (Å²) in [6.07, 6.45) is 4.43. The monoisotopic (exact) mass is 397 g/mol. The Balaban J connectivity index is 1.56. The molecule has 1 N–H and O–H groups in total. The number of hydrogen-bond acceptors (Lipinski definition) is 6. The van der Waals surface area contributed by atoms with Crippen LogP contribution in [-0.4, -0.2) is 59.2 Å². The van der Waals surface area contributed by atoms with Crippen LogP contribution in [0.5, 0.6) is 0 Å². The lowest BCUT2D eigenvalue weighted by Crippen LogP contribution is -2.42. The van der Waals surface area contributed by atoms with E-state index < -0.39 is 0 Å². The SMILES string of the molecule is CCOC(=O)N1CCC(Nc2ncc(C(=O)N(CC)c3ccccc3)cn2)CC1. The van der Waals surface area contributed by atoms with Crippen molar-refractivity contribution in [3.05, 3.63) is 48.3 Å². The maximum atomic E-state index is 12.8. The highest BCUT2D eigenvalue weighted by atomic mass is 16.6. The number of amides is 2. The van der Waals surface area contributed by atoms with Gasteiger partial charge in [-0.3, -0.25) is 4.79 Å². The maximum Gasteiger partial charge on any atom is 0.409 e. The van der Waals surface area contributed by atoms with Crippen LogP contribution in [-0.2, 0) is 4.74 Å². The molecule has 0 aliphatic carbocycles. The van der Waals surface area contributed by atoms with Gasteiger partial charge in [0.25, 0.3) is 5.91 Å². The minimum atomic E-state index is -0.260. The summed E-state index contributed by atoms with van der Waals surface area (Å²) in [4.78, 5) is 36.6. The molecule has 1 aromatic carbocycles. The van der Waals surface area contributed by atoms with E-state index in [2.05, 4.69) is 15.3 Å². The normalized spacial score (nSPS) is 14.3. The number of anilines is 2. The zero-order valence-electron chi connectivity index (χ0n) is 16.9. The Bertz CT molecular complexity index is 805. The van der Waals surface area contributed by atoms with Gasteiger partial charge in [-0.1, -0.05) is 18.2 Å². The molecule has 2 heterocycles.